The van der Waals surface area contributed by atoms with Gasteiger partial charge in [-0.15, -0.1) is 0 Å². The van der Waals surface area contributed by atoms with Crippen LogP contribution in [0.4, 0.5) is 5.69 Å². The fourth-order valence-electron chi connectivity index (χ4n) is 4.29. The molecule has 1 aliphatic heterocycles. The second-order valence-corrected chi connectivity index (χ2v) is 7.15. The third-order valence-corrected chi connectivity index (χ3v) is 5.76. The van der Waals surface area contributed by atoms with E-state index in [0.29, 0.717) is 6.04 Å². The van der Waals surface area contributed by atoms with Crippen LogP contribution in [0.2, 0.25) is 5.02 Å². The molecule has 0 radical (unpaired) electrons. The maximum atomic E-state index is 6.58. The lowest BCUT2D eigenvalue weighted by molar-refractivity contribution is 0.737. The van der Waals surface area contributed by atoms with Gasteiger partial charge < -0.3 is 4.90 Å². The van der Waals surface area contributed by atoms with Gasteiger partial charge in [0.1, 0.15) is 0 Å². The second kappa shape index (κ2) is 4.75. The molecule has 0 aromatic heterocycles. The van der Waals surface area contributed by atoms with Crippen molar-refractivity contribution in [1.82, 2.24) is 0 Å². The van der Waals surface area contributed by atoms with Crippen LogP contribution in [0.1, 0.15) is 19.8 Å². The first kappa shape index (κ1) is 13.4. The van der Waals surface area contributed by atoms with E-state index in [-0.39, 0.29) is 0 Å². The second-order valence-electron chi connectivity index (χ2n) is 6.74. The van der Waals surface area contributed by atoms with Gasteiger partial charge in [0.2, 0.25) is 0 Å². The molecule has 1 unspecified atom stereocenters. The molecule has 0 N–H and O–H groups in total. The lowest BCUT2D eigenvalue weighted by Crippen LogP contribution is -2.26. The fourth-order valence-corrected chi connectivity index (χ4v) is 4.51. The SMILES string of the molecule is CC1CCCN1c1cc2c(Cl)ccc3ccc4cccc1c4c32. The third-order valence-electron chi connectivity index (χ3n) is 5.43. The average molecular weight is 320 g/mol. The molecule has 0 amide bonds. The van der Waals surface area contributed by atoms with Crippen LogP contribution in [0.25, 0.3) is 32.3 Å². The van der Waals surface area contributed by atoms with E-state index >= 15 is 0 Å². The Balaban J connectivity index is 2.00. The summed E-state index contributed by atoms with van der Waals surface area (Å²) in [4.78, 5) is 2.56. The van der Waals surface area contributed by atoms with Gasteiger partial charge >= 0.3 is 0 Å². The van der Waals surface area contributed by atoms with Crippen molar-refractivity contribution in [2.75, 3.05) is 11.4 Å². The Hall–Kier alpha value is -1.99. The van der Waals surface area contributed by atoms with Gasteiger partial charge in [-0.1, -0.05) is 48.0 Å². The topological polar surface area (TPSA) is 3.24 Å². The van der Waals surface area contributed by atoms with E-state index in [1.165, 1.54) is 50.8 Å². The highest BCUT2D eigenvalue weighted by Gasteiger charge is 2.24. The summed E-state index contributed by atoms with van der Waals surface area (Å²) in [6.45, 7) is 3.47. The fraction of sp³-hybridized carbons (Fsp3) is 0.238. The van der Waals surface area contributed by atoms with Gasteiger partial charge in [-0.2, -0.15) is 0 Å². The van der Waals surface area contributed by atoms with Crippen molar-refractivity contribution in [2.24, 2.45) is 0 Å². The molecule has 23 heavy (non-hydrogen) atoms. The van der Waals surface area contributed by atoms with Crippen LogP contribution in [0.15, 0.2) is 48.5 Å². The first-order chi connectivity index (χ1) is 11.2. The quantitative estimate of drug-likeness (QED) is 0.376. The van der Waals surface area contributed by atoms with Crippen LogP contribution in [0.5, 0.6) is 0 Å². The van der Waals surface area contributed by atoms with Crippen molar-refractivity contribution < 1.29 is 0 Å². The molecule has 4 aromatic carbocycles. The molecule has 2 heteroatoms. The first-order valence-electron chi connectivity index (χ1n) is 8.37. The van der Waals surface area contributed by atoms with Crippen LogP contribution in [-0.2, 0) is 0 Å². The normalized spacial score (nSPS) is 18.7. The van der Waals surface area contributed by atoms with Crippen LogP contribution in [0, 0.1) is 0 Å². The van der Waals surface area contributed by atoms with E-state index in [1.807, 2.05) is 6.07 Å². The van der Waals surface area contributed by atoms with Crippen molar-refractivity contribution in [3.05, 3.63) is 53.6 Å². The largest absolute Gasteiger partial charge is 0.368 e. The summed E-state index contributed by atoms with van der Waals surface area (Å²) in [6.07, 6.45) is 2.54. The van der Waals surface area contributed by atoms with E-state index < -0.39 is 0 Å². The molecule has 1 atom stereocenters. The van der Waals surface area contributed by atoms with Crippen molar-refractivity contribution >= 4 is 49.6 Å². The molecule has 114 valence electrons. The van der Waals surface area contributed by atoms with Crippen molar-refractivity contribution in [2.45, 2.75) is 25.8 Å². The Labute approximate surface area is 140 Å². The van der Waals surface area contributed by atoms with Crippen LogP contribution >= 0.6 is 11.6 Å². The Morgan fingerprint density at radius 1 is 0.957 bits per heavy atom. The molecule has 1 aliphatic rings. The van der Waals surface area contributed by atoms with Crippen LogP contribution in [-0.4, -0.2) is 12.6 Å². The molecule has 0 spiro atoms. The number of nitrogens with zero attached hydrogens (tertiary/aromatic N) is 1. The molecule has 0 aliphatic carbocycles. The van der Waals surface area contributed by atoms with Gasteiger partial charge in [-0.05, 0) is 53.4 Å². The van der Waals surface area contributed by atoms with Gasteiger partial charge in [0.15, 0.2) is 0 Å². The summed E-state index contributed by atoms with van der Waals surface area (Å²) < 4.78 is 0. The maximum Gasteiger partial charge on any atom is 0.0485 e. The highest BCUT2D eigenvalue weighted by Crippen LogP contribution is 2.43. The molecular formula is C21H18ClN. The highest BCUT2D eigenvalue weighted by molar-refractivity contribution is 6.39. The monoisotopic (exact) mass is 319 g/mol. The first-order valence-corrected chi connectivity index (χ1v) is 8.74. The highest BCUT2D eigenvalue weighted by atomic mass is 35.5. The maximum absolute atomic E-state index is 6.58. The van der Waals surface area contributed by atoms with Gasteiger partial charge in [0.05, 0.1) is 0 Å². The summed E-state index contributed by atoms with van der Waals surface area (Å²) >= 11 is 6.58. The predicted octanol–water partition coefficient (Wildman–Crippen LogP) is 6.23. The van der Waals surface area contributed by atoms with Gasteiger partial charge in [0.25, 0.3) is 0 Å². The molecular weight excluding hydrogens is 302 g/mol. The number of hydrogen-bond acceptors (Lipinski definition) is 1. The summed E-state index contributed by atoms with van der Waals surface area (Å²) in [7, 11) is 0. The summed E-state index contributed by atoms with van der Waals surface area (Å²) in [6, 6.07) is 18.2. The third kappa shape index (κ3) is 1.80. The Morgan fingerprint density at radius 3 is 2.48 bits per heavy atom. The minimum atomic E-state index is 0.597. The molecule has 1 nitrogen and oxygen atoms in total. The minimum absolute atomic E-state index is 0.597. The average Bonchev–Trinajstić information content (AvgIpc) is 3.00. The van der Waals surface area contributed by atoms with Crippen LogP contribution in [0.3, 0.4) is 0 Å². The Kier molecular flexibility index (Phi) is 2.78. The standard InChI is InChI=1S/C21H18ClN/c1-13-4-3-11-23(13)19-12-17-18(22)10-9-15-8-7-14-5-2-6-16(19)20(14)21(15)17/h2,5-10,12-13H,3-4,11H2,1H3. The van der Waals surface area contributed by atoms with E-state index in [4.69, 9.17) is 11.6 Å². The molecule has 0 bridgehead atoms. The minimum Gasteiger partial charge on any atom is -0.368 e. The number of halogens is 1. The zero-order valence-corrected chi connectivity index (χ0v) is 13.9. The lowest BCUT2D eigenvalue weighted by Gasteiger charge is -2.27. The number of benzene rings is 4. The summed E-state index contributed by atoms with van der Waals surface area (Å²) in [5, 5.41) is 8.63. The van der Waals surface area contributed by atoms with Gasteiger partial charge in [0, 0.05) is 34.1 Å². The van der Waals surface area contributed by atoms with Crippen LogP contribution < -0.4 is 4.90 Å². The Bertz CT molecular complexity index is 1040. The zero-order valence-electron chi connectivity index (χ0n) is 13.1. The van der Waals surface area contributed by atoms with Crippen molar-refractivity contribution in [1.29, 1.82) is 0 Å². The Morgan fingerprint density at radius 2 is 1.70 bits per heavy atom. The molecule has 1 heterocycles. The predicted molar refractivity (Wildman–Crippen MR) is 101 cm³/mol. The molecule has 1 fully saturated rings. The van der Waals surface area contributed by atoms with E-state index in [2.05, 4.69) is 54.3 Å². The van der Waals surface area contributed by atoms with E-state index in [1.54, 1.807) is 0 Å². The number of anilines is 1. The molecule has 5 rings (SSSR count). The van der Waals surface area contributed by atoms with Crippen molar-refractivity contribution in [3.63, 3.8) is 0 Å². The van der Waals surface area contributed by atoms with E-state index in [9.17, 15) is 0 Å². The van der Waals surface area contributed by atoms with Crippen molar-refractivity contribution in [3.8, 4) is 0 Å². The molecule has 0 saturated carbocycles. The zero-order chi connectivity index (χ0) is 15.6. The number of hydrogen-bond donors (Lipinski definition) is 0. The summed E-state index contributed by atoms with van der Waals surface area (Å²) in [5.74, 6) is 0. The van der Waals surface area contributed by atoms with Gasteiger partial charge in [-0.25, -0.2) is 0 Å². The lowest BCUT2D eigenvalue weighted by atomic mass is 9.93. The summed E-state index contributed by atoms with van der Waals surface area (Å²) in [5.41, 5.74) is 1.34. The smallest absolute Gasteiger partial charge is 0.0485 e. The van der Waals surface area contributed by atoms with Gasteiger partial charge in [-0.3, -0.25) is 0 Å². The number of rotatable bonds is 1. The molecule has 1 saturated heterocycles. The molecule has 4 aromatic rings. The van der Waals surface area contributed by atoms with E-state index in [0.717, 1.165) is 11.6 Å².